The summed E-state index contributed by atoms with van der Waals surface area (Å²) in [7, 11) is 0. The molecular formula is C13H10FIN2O2. The van der Waals surface area contributed by atoms with Gasteiger partial charge in [0.25, 0.3) is 5.91 Å². The van der Waals surface area contributed by atoms with Crippen LogP contribution in [0.1, 0.15) is 10.4 Å². The highest BCUT2D eigenvalue weighted by atomic mass is 127. The molecule has 0 aliphatic rings. The Morgan fingerprint density at radius 1 is 1.26 bits per heavy atom. The normalized spacial score (nSPS) is 10.2. The number of aromatic hydroxyl groups is 1. The summed E-state index contributed by atoms with van der Waals surface area (Å²) >= 11 is 1.96. The zero-order valence-corrected chi connectivity index (χ0v) is 11.8. The molecule has 0 radical (unpaired) electrons. The molecule has 6 heteroatoms. The molecule has 4 N–H and O–H groups in total. The molecule has 0 aromatic heterocycles. The van der Waals surface area contributed by atoms with Crippen molar-refractivity contribution in [3.63, 3.8) is 0 Å². The highest BCUT2D eigenvalue weighted by Crippen LogP contribution is 2.22. The Morgan fingerprint density at radius 2 is 2.00 bits per heavy atom. The molecule has 0 aliphatic carbocycles. The van der Waals surface area contributed by atoms with E-state index in [1.165, 1.54) is 24.3 Å². The standard InChI is InChI=1S/C13H10FIN2O2/c14-9-3-2-8(6-11(9)16)17-13(19)7-1-4-10(15)12(18)5-7/h1-6,18H,16H2,(H,17,19). The molecule has 0 atom stereocenters. The van der Waals surface area contributed by atoms with Crippen LogP contribution in [0.3, 0.4) is 0 Å². The second kappa shape index (κ2) is 5.43. The van der Waals surface area contributed by atoms with Crippen LogP contribution in [0.15, 0.2) is 36.4 Å². The molecule has 0 bridgehead atoms. The first-order valence-corrected chi connectivity index (χ1v) is 6.40. The molecule has 0 heterocycles. The fourth-order valence-corrected chi connectivity index (χ4v) is 1.81. The van der Waals surface area contributed by atoms with E-state index in [4.69, 9.17) is 5.73 Å². The molecule has 0 fully saturated rings. The van der Waals surface area contributed by atoms with Gasteiger partial charge in [-0.3, -0.25) is 4.79 Å². The third kappa shape index (κ3) is 3.14. The smallest absolute Gasteiger partial charge is 0.255 e. The first-order valence-electron chi connectivity index (χ1n) is 5.32. The SMILES string of the molecule is Nc1cc(NC(=O)c2ccc(I)c(O)c2)ccc1F. The maximum absolute atomic E-state index is 13.0. The van der Waals surface area contributed by atoms with Gasteiger partial charge >= 0.3 is 0 Å². The first kappa shape index (κ1) is 13.6. The van der Waals surface area contributed by atoms with E-state index in [1.807, 2.05) is 22.6 Å². The third-order valence-corrected chi connectivity index (χ3v) is 3.37. The number of carbonyl (C=O) groups is 1. The van der Waals surface area contributed by atoms with E-state index < -0.39 is 11.7 Å². The lowest BCUT2D eigenvalue weighted by atomic mass is 10.2. The van der Waals surface area contributed by atoms with Crippen LogP contribution in [0.2, 0.25) is 0 Å². The van der Waals surface area contributed by atoms with Crippen LogP contribution in [0.4, 0.5) is 15.8 Å². The average molecular weight is 372 g/mol. The van der Waals surface area contributed by atoms with Crippen molar-refractivity contribution in [2.75, 3.05) is 11.1 Å². The van der Waals surface area contributed by atoms with Crippen LogP contribution in [0.5, 0.6) is 5.75 Å². The fraction of sp³-hybridized carbons (Fsp3) is 0. The van der Waals surface area contributed by atoms with E-state index in [1.54, 1.807) is 12.1 Å². The molecule has 4 nitrogen and oxygen atoms in total. The van der Waals surface area contributed by atoms with Crippen LogP contribution >= 0.6 is 22.6 Å². The molecule has 2 aromatic rings. The molecule has 1 amide bonds. The molecular weight excluding hydrogens is 362 g/mol. The highest BCUT2D eigenvalue weighted by molar-refractivity contribution is 14.1. The lowest BCUT2D eigenvalue weighted by Crippen LogP contribution is -2.12. The molecule has 0 unspecified atom stereocenters. The van der Waals surface area contributed by atoms with E-state index in [2.05, 4.69) is 5.32 Å². The van der Waals surface area contributed by atoms with Crippen molar-refractivity contribution in [2.24, 2.45) is 0 Å². The Hall–Kier alpha value is -1.83. The van der Waals surface area contributed by atoms with Crippen LogP contribution in [0.25, 0.3) is 0 Å². The fourth-order valence-electron chi connectivity index (χ4n) is 1.48. The van der Waals surface area contributed by atoms with Gasteiger partial charge in [-0.05, 0) is 59.0 Å². The van der Waals surface area contributed by atoms with Gasteiger partial charge in [0.05, 0.1) is 9.26 Å². The number of hydrogen-bond acceptors (Lipinski definition) is 3. The summed E-state index contributed by atoms with van der Waals surface area (Å²) in [4.78, 5) is 11.9. The maximum atomic E-state index is 13.0. The predicted molar refractivity (Wildman–Crippen MR) is 79.6 cm³/mol. The predicted octanol–water partition coefficient (Wildman–Crippen LogP) is 2.97. The monoisotopic (exact) mass is 372 g/mol. The number of anilines is 2. The number of carbonyl (C=O) groups excluding carboxylic acids is 1. The van der Waals surface area contributed by atoms with Crippen molar-refractivity contribution in [3.05, 3.63) is 51.3 Å². The van der Waals surface area contributed by atoms with Crippen LogP contribution < -0.4 is 11.1 Å². The molecule has 19 heavy (non-hydrogen) atoms. The molecule has 0 saturated carbocycles. The van der Waals surface area contributed by atoms with Gasteiger partial charge in [0, 0.05) is 11.3 Å². The van der Waals surface area contributed by atoms with Crippen LogP contribution in [-0.2, 0) is 0 Å². The van der Waals surface area contributed by atoms with Gasteiger partial charge in [0.1, 0.15) is 11.6 Å². The number of rotatable bonds is 2. The van der Waals surface area contributed by atoms with Crippen molar-refractivity contribution in [2.45, 2.75) is 0 Å². The second-order valence-corrected chi connectivity index (χ2v) is 5.02. The van der Waals surface area contributed by atoms with Crippen molar-refractivity contribution in [1.82, 2.24) is 0 Å². The number of benzene rings is 2. The summed E-state index contributed by atoms with van der Waals surface area (Å²) in [6.45, 7) is 0. The van der Waals surface area contributed by atoms with Gasteiger partial charge < -0.3 is 16.2 Å². The van der Waals surface area contributed by atoms with Gasteiger partial charge in [0.2, 0.25) is 0 Å². The molecule has 98 valence electrons. The minimum Gasteiger partial charge on any atom is -0.507 e. The van der Waals surface area contributed by atoms with E-state index in [-0.39, 0.29) is 11.4 Å². The zero-order chi connectivity index (χ0) is 14.0. The lowest BCUT2D eigenvalue weighted by molar-refractivity contribution is 0.102. The van der Waals surface area contributed by atoms with Crippen molar-refractivity contribution >= 4 is 39.9 Å². The van der Waals surface area contributed by atoms with E-state index in [0.29, 0.717) is 14.8 Å². The Bertz CT molecular complexity index is 647. The second-order valence-electron chi connectivity index (χ2n) is 3.86. The van der Waals surface area contributed by atoms with Gasteiger partial charge in [-0.1, -0.05) is 0 Å². The summed E-state index contributed by atoms with van der Waals surface area (Å²) in [6.07, 6.45) is 0. The summed E-state index contributed by atoms with van der Waals surface area (Å²) in [5.74, 6) is -0.908. The first-order chi connectivity index (χ1) is 8.97. The number of hydrogen-bond donors (Lipinski definition) is 3. The average Bonchev–Trinajstić information content (AvgIpc) is 2.37. The van der Waals surface area contributed by atoms with Crippen LogP contribution in [0, 0.1) is 9.39 Å². The molecule has 2 aromatic carbocycles. The molecule has 0 aliphatic heterocycles. The molecule has 0 spiro atoms. The van der Waals surface area contributed by atoms with E-state index >= 15 is 0 Å². The number of nitrogen functional groups attached to an aromatic ring is 1. The van der Waals surface area contributed by atoms with Gasteiger partial charge in [-0.2, -0.15) is 0 Å². The molecule has 0 saturated heterocycles. The summed E-state index contributed by atoms with van der Waals surface area (Å²) < 4.78 is 13.6. The third-order valence-electron chi connectivity index (χ3n) is 2.46. The van der Waals surface area contributed by atoms with Crippen LogP contribution in [-0.4, -0.2) is 11.0 Å². The van der Waals surface area contributed by atoms with Gasteiger partial charge in [-0.25, -0.2) is 4.39 Å². The van der Waals surface area contributed by atoms with E-state index in [0.717, 1.165) is 0 Å². The number of phenolic OH excluding ortho intramolecular Hbond substituents is 1. The Balaban J connectivity index is 2.20. The van der Waals surface area contributed by atoms with E-state index in [9.17, 15) is 14.3 Å². The Morgan fingerprint density at radius 3 is 2.63 bits per heavy atom. The highest BCUT2D eigenvalue weighted by Gasteiger charge is 2.09. The topological polar surface area (TPSA) is 75.3 Å². The number of nitrogens with one attached hydrogen (secondary N) is 1. The quantitative estimate of drug-likeness (QED) is 0.561. The number of amides is 1. The maximum Gasteiger partial charge on any atom is 0.255 e. The summed E-state index contributed by atoms with van der Waals surface area (Å²) in [5.41, 5.74) is 6.07. The van der Waals surface area contributed by atoms with Crippen molar-refractivity contribution in [1.29, 1.82) is 0 Å². The summed E-state index contributed by atoms with van der Waals surface area (Å²) in [6, 6.07) is 8.50. The van der Waals surface area contributed by atoms with Crippen molar-refractivity contribution < 1.29 is 14.3 Å². The molecule has 2 rings (SSSR count). The summed E-state index contributed by atoms with van der Waals surface area (Å²) in [5, 5.41) is 12.1. The lowest BCUT2D eigenvalue weighted by Gasteiger charge is -2.07. The van der Waals surface area contributed by atoms with Gasteiger partial charge in [-0.15, -0.1) is 0 Å². The number of halogens is 2. The minimum atomic E-state index is -0.537. The van der Waals surface area contributed by atoms with Crippen molar-refractivity contribution in [3.8, 4) is 5.75 Å². The Kier molecular flexibility index (Phi) is 3.89. The largest absolute Gasteiger partial charge is 0.507 e. The zero-order valence-electron chi connectivity index (χ0n) is 9.65. The van der Waals surface area contributed by atoms with Gasteiger partial charge in [0.15, 0.2) is 0 Å². The number of phenols is 1. The minimum absolute atomic E-state index is 0.0341. The Labute approximate surface area is 122 Å². The number of nitrogens with two attached hydrogens (primary N) is 1.